The zero-order valence-electron chi connectivity index (χ0n) is 13.0. The van der Waals surface area contributed by atoms with Gasteiger partial charge in [-0.15, -0.1) is 0 Å². The van der Waals surface area contributed by atoms with E-state index in [0.29, 0.717) is 6.04 Å². The summed E-state index contributed by atoms with van der Waals surface area (Å²) in [7, 11) is 0. The van der Waals surface area contributed by atoms with E-state index in [-0.39, 0.29) is 0 Å². The lowest BCUT2D eigenvalue weighted by molar-refractivity contribution is 0.0876. The second kappa shape index (κ2) is 7.61. The number of nitrogens with one attached hydrogen (secondary N) is 1. The molecule has 2 aliphatic heterocycles. The summed E-state index contributed by atoms with van der Waals surface area (Å²) in [4.78, 5) is 2.75. The molecule has 0 aromatic carbocycles. The number of nitrogens with zero attached hydrogens (tertiary/aromatic N) is 1. The zero-order valence-corrected chi connectivity index (χ0v) is 13.0. The molecule has 2 heterocycles. The summed E-state index contributed by atoms with van der Waals surface area (Å²) in [5, 5.41) is 3.74. The van der Waals surface area contributed by atoms with Gasteiger partial charge in [-0.25, -0.2) is 0 Å². The van der Waals surface area contributed by atoms with E-state index in [9.17, 15) is 0 Å². The molecule has 0 aromatic heterocycles. The largest absolute Gasteiger partial charge is 0.381 e. The normalized spacial score (nSPS) is 33.2. The molecule has 3 atom stereocenters. The van der Waals surface area contributed by atoms with Crippen molar-refractivity contribution in [2.24, 2.45) is 11.8 Å². The molecule has 0 amide bonds. The molecule has 3 nitrogen and oxygen atoms in total. The van der Waals surface area contributed by atoms with Crippen LogP contribution in [-0.2, 0) is 4.74 Å². The van der Waals surface area contributed by atoms with Crippen molar-refractivity contribution in [3.8, 4) is 0 Å². The lowest BCUT2D eigenvalue weighted by atomic mass is 9.95. The summed E-state index contributed by atoms with van der Waals surface area (Å²) in [6, 6.07) is 1.43. The van der Waals surface area contributed by atoms with Gasteiger partial charge in [-0.05, 0) is 37.6 Å². The molecule has 112 valence electrons. The van der Waals surface area contributed by atoms with Gasteiger partial charge in [0.05, 0.1) is 0 Å². The lowest BCUT2D eigenvalue weighted by Crippen LogP contribution is -2.58. The second-order valence-electron chi connectivity index (χ2n) is 6.72. The molecule has 2 fully saturated rings. The molecule has 19 heavy (non-hydrogen) atoms. The van der Waals surface area contributed by atoms with Gasteiger partial charge in [0.25, 0.3) is 0 Å². The van der Waals surface area contributed by atoms with Gasteiger partial charge in [0.1, 0.15) is 0 Å². The van der Waals surface area contributed by atoms with Crippen molar-refractivity contribution in [3.05, 3.63) is 0 Å². The Labute approximate surface area is 119 Å². The average Bonchev–Trinajstić information content (AvgIpc) is 2.89. The van der Waals surface area contributed by atoms with Crippen molar-refractivity contribution >= 4 is 0 Å². The van der Waals surface area contributed by atoms with E-state index in [0.717, 1.165) is 31.1 Å². The Bertz CT molecular complexity index is 251. The highest BCUT2D eigenvalue weighted by Gasteiger charge is 2.29. The van der Waals surface area contributed by atoms with Crippen molar-refractivity contribution in [2.75, 3.05) is 32.8 Å². The highest BCUT2D eigenvalue weighted by Crippen LogP contribution is 2.21. The van der Waals surface area contributed by atoms with E-state index in [2.05, 4.69) is 31.0 Å². The van der Waals surface area contributed by atoms with Gasteiger partial charge in [-0.3, -0.25) is 4.90 Å². The standard InChI is InChI=1S/C16H32N2O/c1-4-5-15-11-18(16(10-17-15)13(2)3)8-6-14-7-9-19-12-14/h13-17H,4-12H2,1-3H3. The van der Waals surface area contributed by atoms with Gasteiger partial charge >= 0.3 is 0 Å². The Morgan fingerprint density at radius 1 is 1.32 bits per heavy atom. The van der Waals surface area contributed by atoms with Gasteiger partial charge in [0, 0.05) is 38.4 Å². The summed E-state index contributed by atoms with van der Waals surface area (Å²) in [5.41, 5.74) is 0. The van der Waals surface area contributed by atoms with E-state index < -0.39 is 0 Å². The van der Waals surface area contributed by atoms with Gasteiger partial charge in [0.15, 0.2) is 0 Å². The zero-order chi connectivity index (χ0) is 13.7. The molecule has 0 aromatic rings. The minimum atomic E-state index is 0.708. The smallest absolute Gasteiger partial charge is 0.0495 e. The van der Waals surface area contributed by atoms with Crippen LogP contribution in [0, 0.1) is 11.8 Å². The third kappa shape index (κ3) is 4.44. The minimum absolute atomic E-state index is 0.708. The number of ether oxygens (including phenoxy) is 1. The van der Waals surface area contributed by atoms with Crippen molar-refractivity contribution in [1.82, 2.24) is 10.2 Å². The minimum Gasteiger partial charge on any atom is -0.381 e. The van der Waals surface area contributed by atoms with E-state index in [1.165, 1.54) is 45.3 Å². The fourth-order valence-electron chi connectivity index (χ4n) is 3.52. The maximum Gasteiger partial charge on any atom is 0.0495 e. The third-order valence-corrected chi connectivity index (χ3v) is 4.79. The first-order chi connectivity index (χ1) is 9.20. The van der Waals surface area contributed by atoms with Crippen LogP contribution in [0.4, 0.5) is 0 Å². The molecule has 0 radical (unpaired) electrons. The first-order valence-electron chi connectivity index (χ1n) is 8.25. The third-order valence-electron chi connectivity index (χ3n) is 4.79. The van der Waals surface area contributed by atoms with Crippen LogP contribution in [-0.4, -0.2) is 49.8 Å². The van der Waals surface area contributed by atoms with Crippen molar-refractivity contribution < 1.29 is 4.74 Å². The lowest BCUT2D eigenvalue weighted by Gasteiger charge is -2.43. The predicted molar refractivity (Wildman–Crippen MR) is 80.4 cm³/mol. The van der Waals surface area contributed by atoms with Crippen LogP contribution in [0.2, 0.25) is 0 Å². The SMILES string of the molecule is CCCC1CN(CCC2CCOC2)C(C(C)C)CN1. The molecule has 2 rings (SSSR count). The van der Waals surface area contributed by atoms with Crippen LogP contribution in [0.25, 0.3) is 0 Å². The van der Waals surface area contributed by atoms with Gasteiger partial charge in [-0.1, -0.05) is 27.2 Å². The van der Waals surface area contributed by atoms with Crippen LogP contribution in [0.3, 0.4) is 0 Å². The van der Waals surface area contributed by atoms with Gasteiger partial charge in [0.2, 0.25) is 0 Å². The Morgan fingerprint density at radius 2 is 2.16 bits per heavy atom. The predicted octanol–water partition coefficient (Wildman–Crippen LogP) is 2.51. The van der Waals surface area contributed by atoms with Gasteiger partial charge in [-0.2, -0.15) is 0 Å². The molecule has 0 bridgehead atoms. The summed E-state index contributed by atoms with van der Waals surface area (Å²) >= 11 is 0. The highest BCUT2D eigenvalue weighted by molar-refractivity contribution is 4.88. The second-order valence-corrected chi connectivity index (χ2v) is 6.72. The van der Waals surface area contributed by atoms with Crippen molar-refractivity contribution in [1.29, 1.82) is 0 Å². The highest BCUT2D eigenvalue weighted by atomic mass is 16.5. The molecule has 0 saturated carbocycles. The molecular weight excluding hydrogens is 236 g/mol. The average molecular weight is 268 g/mol. The van der Waals surface area contributed by atoms with Crippen molar-refractivity contribution in [3.63, 3.8) is 0 Å². The monoisotopic (exact) mass is 268 g/mol. The maximum absolute atomic E-state index is 5.50. The Kier molecular flexibility index (Phi) is 6.11. The molecule has 2 saturated heterocycles. The molecule has 1 N–H and O–H groups in total. The fourth-order valence-corrected chi connectivity index (χ4v) is 3.52. The topological polar surface area (TPSA) is 24.5 Å². The van der Waals surface area contributed by atoms with E-state index >= 15 is 0 Å². The van der Waals surface area contributed by atoms with Crippen LogP contribution in [0.1, 0.15) is 46.5 Å². The van der Waals surface area contributed by atoms with Crippen molar-refractivity contribution in [2.45, 2.75) is 58.5 Å². The Hall–Kier alpha value is -0.120. The van der Waals surface area contributed by atoms with Crippen LogP contribution < -0.4 is 5.32 Å². The quantitative estimate of drug-likeness (QED) is 0.801. The van der Waals surface area contributed by atoms with Crippen LogP contribution >= 0.6 is 0 Å². The Balaban J connectivity index is 1.83. The van der Waals surface area contributed by atoms with Gasteiger partial charge < -0.3 is 10.1 Å². The van der Waals surface area contributed by atoms with E-state index in [4.69, 9.17) is 4.74 Å². The summed E-state index contributed by atoms with van der Waals surface area (Å²) in [6.07, 6.45) is 5.20. The molecule has 3 heteroatoms. The first kappa shape index (κ1) is 15.3. The fraction of sp³-hybridized carbons (Fsp3) is 1.00. The van der Waals surface area contributed by atoms with E-state index in [1.54, 1.807) is 0 Å². The number of rotatable bonds is 6. The number of piperazine rings is 1. The summed E-state index contributed by atoms with van der Waals surface area (Å²) < 4.78 is 5.50. The Morgan fingerprint density at radius 3 is 2.79 bits per heavy atom. The molecular formula is C16H32N2O. The summed E-state index contributed by atoms with van der Waals surface area (Å²) in [5.74, 6) is 1.56. The van der Waals surface area contributed by atoms with Crippen LogP contribution in [0.5, 0.6) is 0 Å². The first-order valence-corrected chi connectivity index (χ1v) is 8.25. The molecule has 3 unspecified atom stereocenters. The number of hydrogen-bond acceptors (Lipinski definition) is 3. The van der Waals surface area contributed by atoms with Crippen LogP contribution in [0.15, 0.2) is 0 Å². The maximum atomic E-state index is 5.50. The molecule has 0 aliphatic carbocycles. The molecule has 2 aliphatic rings. The number of hydrogen-bond donors (Lipinski definition) is 1. The van der Waals surface area contributed by atoms with E-state index in [1.807, 2.05) is 0 Å². The molecule has 0 spiro atoms. The summed E-state index contributed by atoms with van der Waals surface area (Å²) in [6.45, 7) is 12.7.